The van der Waals surface area contributed by atoms with E-state index in [1.807, 2.05) is 11.5 Å². The van der Waals surface area contributed by atoms with Crippen LogP contribution in [0, 0.1) is 0 Å². The molecule has 2 fully saturated rings. The molecule has 112 valence electrons. The SMILES string of the molecule is CC1CCCCN1S(=O)(=O)c1cc(CO)n(C2CC2)c1. The van der Waals surface area contributed by atoms with Crippen molar-refractivity contribution in [2.75, 3.05) is 6.54 Å². The van der Waals surface area contributed by atoms with Gasteiger partial charge < -0.3 is 9.67 Å². The summed E-state index contributed by atoms with van der Waals surface area (Å²) in [6, 6.07) is 2.07. The Morgan fingerprint density at radius 1 is 1.30 bits per heavy atom. The van der Waals surface area contributed by atoms with Gasteiger partial charge in [-0.15, -0.1) is 0 Å². The Morgan fingerprint density at radius 2 is 2.05 bits per heavy atom. The summed E-state index contributed by atoms with van der Waals surface area (Å²) in [6.07, 6.45) is 6.80. The largest absolute Gasteiger partial charge is 0.390 e. The van der Waals surface area contributed by atoms with Gasteiger partial charge in [0.25, 0.3) is 0 Å². The van der Waals surface area contributed by atoms with Crippen molar-refractivity contribution in [3.8, 4) is 0 Å². The minimum absolute atomic E-state index is 0.0654. The number of hydrogen-bond donors (Lipinski definition) is 1. The normalized spacial score (nSPS) is 25.0. The molecule has 0 bridgehead atoms. The van der Waals surface area contributed by atoms with Crippen molar-refractivity contribution in [2.45, 2.75) is 62.6 Å². The van der Waals surface area contributed by atoms with E-state index in [1.165, 1.54) is 0 Å². The van der Waals surface area contributed by atoms with Crippen LogP contribution in [0.2, 0.25) is 0 Å². The summed E-state index contributed by atoms with van der Waals surface area (Å²) in [4.78, 5) is 0.335. The van der Waals surface area contributed by atoms with E-state index < -0.39 is 10.0 Å². The highest BCUT2D eigenvalue weighted by Gasteiger charge is 2.34. The maximum absolute atomic E-state index is 12.8. The number of nitrogens with zero attached hydrogens (tertiary/aromatic N) is 2. The quantitative estimate of drug-likeness (QED) is 0.923. The van der Waals surface area contributed by atoms with Gasteiger partial charge in [-0.25, -0.2) is 8.42 Å². The highest BCUT2D eigenvalue weighted by atomic mass is 32.2. The van der Waals surface area contributed by atoms with Crippen LogP contribution in [0.3, 0.4) is 0 Å². The molecule has 1 aliphatic heterocycles. The van der Waals surface area contributed by atoms with Crippen molar-refractivity contribution in [3.63, 3.8) is 0 Å². The van der Waals surface area contributed by atoms with E-state index in [-0.39, 0.29) is 12.6 Å². The lowest BCUT2D eigenvalue weighted by Gasteiger charge is -2.31. The molecule has 1 aliphatic carbocycles. The summed E-state index contributed by atoms with van der Waals surface area (Å²) in [5, 5.41) is 9.41. The van der Waals surface area contributed by atoms with Crippen LogP contribution in [0.4, 0.5) is 0 Å². The number of aliphatic hydroxyl groups excluding tert-OH is 1. The third kappa shape index (κ3) is 2.40. The van der Waals surface area contributed by atoms with Crippen molar-refractivity contribution in [1.29, 1.82) is 0 Å². The van der Waals surface area contributed by atoms with Gasteiger partial charge >= 0.3 is 0 Å². The van der Waals surface area contributed by atoms with E-state index in [2.05, 4.69) is 0 Å². The second-order valence-electron chi connectivity index (χ2n) is 5.92. The molecule has 0 aromatic carbocycles. The van der Waals surface area contributed by atoms with Crippen molar-refractivity contribution in [1.82, 2.24) is 8.87 Å². The van der Waals surface area contributed by atoms with Crippen molar-refractivity contribution < 1.29 is 13.5 Å². The summed E-state index contributed by atoms with van der Waals surface area (Å²) >= 11 is 0. The zero-order valence-electron chi connectivity index (χ0n) is 11.8. The third-order valence-electron chi connectivity index (χ3n) is 4.36. The lowest BCUT2D eigenvalue weighted by Crippen LogP contribution is -2.41. The summed E-state index contributed by atoms with van der Waals surface area (Å²) in [5.74, 6) is 0. The van der Waals surface area contributed by atoms with E-state index in [1.54, 1.807) is 16.6 Å². The molecule has 3 rings (SSSR count). The fourth-order valence-electron chi connectivity index (χ4n) is 3.02. The van der Waals surface area contributed by atoms with Crippen LogP contribution in [0.15, 0.2) is 17.2 Å². The molecule has 5 nitrogen and oxygen atoms in total. The van der Waals surface area contributed by atoms with E-state index in [0.29, 0.717) is 23.2 Å². The first-order valence-electron chi connectivity index (χ1n) is 7.37. The predicted octanol–water partition coefficient (Wildman–Crippen LogP) is 1.88. The van der Waals surface area contributed by atoms with Gasteiger partial charge in [0.05, 0.1) is 6.61 Å². The first kappa shape index (κ1) is 14.1. The van der Waals surface area contributed by atoms with Gasteiger partial charge in [-0.1, -0.05) is 6.42 Å². The second kappa shape index (κ2) is 5.16. The summed E-state index contributed by atoms with van der Waals surface area (Å²) < 4.78 is 29.1. The van der Waals surface area contributed by atoms with Crippen molar-refractivity contribution >= 4 is 10.0 Å². The Labute approximate surface area is 120 Å². The maximum Gasteiger partial charge on any atom is 0.244 e. The topological polar surface area (TPSA) is 62.5 Å². The molecule has 1 N–H and O–H groups in total. The number of rotatable bonds is 4. The van der Waals surface area contributed by atoms with Crippen LogP contribution in [0.1, 0.15) is 50.8 Å². The zero-order valence-corrected chi connectivity index (χ0v) is 12.6. The summed E-state index contributed by atoms with van der Waals surface area (Å²) in [5.41, 5.74) is 0.704. The lowest BCUT2D eigenvalue weighted by atomic mass is 10.1. The molecule has 1 unspecified atom stereocenters. The first-order valence-corrected chi connectivity index (χ1v) is 8.81. The fraction of sp³-hybridized carbons (Fsp3) is 0.714. The molecule has 2 heterocycles. The first-order chi connectivity index (χ1) is 9.54. The predicted molar refractivity (Wildman–Crippen MR) is 75.8 cm³/mol. The molecule has 1 saturated heterocycles. The number of aromatic nitrogens is 1. The average Bonchev–Trinajstić information content (AvgIpc) is 3.17. The second-order valence-corrected chi connectivity index (χ2v) is 7.81. The number of aliphatic hydroxyl groups is 1. The van der Waals surface area contributed by atoms with E-state index in [4.69, 9.17) is 0 Å². The van der Waals surface area contributed by atoms with Gasteiger partial charge in [-0.3, -0.25) is 0 Å². The van der Waals surface area contributed by atoms with Crippen LogP contribution >= 0.6 is 0 Å². The van der Waals surface area contributed by atoms with Crippen LogP contribution in [-0.2, 0) is 16.6 Å². The Morgan fingerprint density at radius 3 is 2.65 bits per heavy atom. The molecule has 0 spiro atoms. The van der Waals surface area contributed by atoms with Gasteiger partial charge in [-0.05, 0) is 38.7 Å². The Balaban J connectivity index is 1.94. The van der Waals surface area contributed by atoms with E-state index in [9.17, 15) is 13.5 Å². The van der Waals surface area contributed by atoms with Gasteiger partial charge in [0.1, 0.15) is 4.90 Å². The number of piperidine rings is 1. The number of sulfonamides is 1. The molecule has 6 heteroatoms. The highest BCUT2D eigenvalue weighted by molar-refractivity contribution is 7.89. The Kier molecular flexibility index (Phi) is 3.64. The van der Waals surface area contributed by atoms with Crippen molar-refractivity contribution in [2.24, 2.45) is 0 Å². The van der Waals surface area contributed by atoms with Gasteiger partial charge in [0, 0.05) is 30.5 Å². The van der Waals surface area contributed by atoms with E-state index >= 15 is 0 Å². The average molecular weight is 298 g/mol. The molecule has 0 radical (unpaired) electrons. The molecule has 1 aromatic rings. The summed E-state index contributed by atoms with van der Waals surface area (Å²) in [6.45, 7) is 2.47. The van der Waals surface area contributed by atoms with Gasteiger partial charge in [0.2, 0.25) is 10.0 Å². The molecule has 1 aromatic heterocycles. The molecular weight excluding hydrogens is 276 g/mol. The molecule has 2 aliphatic rings. The fourth-order valence-corrected chi connectivity index (χ4v) is 4.77. The van der Waals surface area contributed by atoms with Crippen molar-refractivity contribution in [3.05, 3.63) is 18.0 Å². The van der Waals surface area contributed by atoms with Gasteiger partial charge in [0.15, 0.2) is 0 Å². The van der Waals surface area contributed by atoms with E-state index in [0.717, 1.165) is 32.1 Å². The van der Waals surface area contributed by atoms with Gasteiger partial charge in [-0.2, -0.15) is 4.31 Å². The third-order valence-corrected chi connectivity index (χ3v) is 6.34. The zero-order chi connectivity index (χ0) is 14.3. The molecular formula is C14H22N2O3S. The molecule has 20 heavy (non-hydrogen) atoms. The van der Waals surface area contributed by atoms with Crippen LogP contribution < -0.4 is 0 Å². The Bertz CT molecular complexity index is 590. The standard InChI is InChI=1S/C14H22N2O3S/c1-11-4-2-3-7-16(11)20(18,19)14-8-13(10-17)15(9-14)12-5-6-12/h8-9,11-12,17H,2-7,10H2,1H3. The number of hydrogen-bond acceptors (Lipinski definition) is 3. The van der Waals surface area contributed by atoms with Crippen LogP contribution in [0.5, 0.6) is 0 Å². The van der Waals surface area contributed by atoms with Crippen LogP contribution in [-0.4, -0.2) is 35.0 Å². The lowest BCUT2D eigenvalue weighted by molar-refractivity contribution is 0.268. The minimum atomic E-state index is -3.43. The molecule has 1 saturated carbocycles. The summed E-state index contributed by atoms with van der Waals surface area (Å²) in [7, 11) is -3.43. The monoisotopic (exact) mass is 298 g/mol. The molecule has 1 atom stereocenters. The maximum atomic E-state index is 12.8. The minimum Gasteiger partial charge on any atom is -0.390 e. The smallest absolute Gasteiger partial charge is 0.244 e. The highest BCUT2D eigenvalue weighted by Crippen LogP contribution is 2.38. The Hall–Kier alpha value is -0.850. The molecule has 0 amide bonds. The van der Waals surface area contributed by atoms with Crippen LogP contribution in [0.25, 0.3) is 0 Å².